The number of carbonyl (C=O) groups is 1. The van der Waals surface area contributed by atoms with Gasteiger partial charge in [0.15, 0.2) is 0 Å². The molecule has 0 bridgehead atoms. The van der Waals surface area contributed by atoms with Crippen LogP contribution in [0.1, 0.15) is 28.8 Å². The van der Waals surface area contributed by atoms with E-state index in [-0.39, 0.29) is 26.5 Å². The Labute approximate surface area is 198 Å². The third-order valence-corrected chi connectivity index (χ3v) is 7.78. The predicted octanol–water partition coefficient (Wildman–Crippen LogP) is 3.56. The minimum absolute atomic E-state index is 0.0238. The monoisotopic (exact) mass is 497 g/mol. The van der Waals surface area contributed by atoms with E-state index in [0.717, 1.165) is 52.1 Å². The van der Waals surface area contributed by atoms with Crippen molar-refractivity contribution < 1.29 is 17.9 Å². The second-order valence-corrected chi connectivity index (χ2v) is 10.5. The molecule has 1 saturated carbocycles. The Morgan fingerprint density at radius 3 is 2.41 bits per heavy atom. The van der Waals surface area contributed by atoms with Gasteiger partial charge in [0.2, 0.25) is 10.0 Å². The van der Waals surface area contributed by atoms with Gasteiger partial charge in [0.25, 0.3) is 5.91 Å². The van der Waals surface area contributed by atoms with Crippen molar-refractivity contribution in [3.8, 4) is 0 Å². The van der Waals surface area contributed by atoms with Crippen LogP contribution < -0.4 is 10.0 Å². The first kappa shape index (κ1) is 23.5. The van der Waals surface area contributed by atoms with Crippen molar-refractivity contribution in [2.75, 3.05) is 38.2 Å². The van der Waals surface area contributed by atoms with Crippen molar-refractivity contribution in [2.45, 2.75) is 30.2 Å². The number of sulfonamides is 1. The van der Waals surface area contributed by atoms with E-state index in [4.69, 9.17) is 27.9 Å². The topological polar surface area (TPSA) is 87.7 Å². The normalized spacial score (nSPS) is 17.3. The van der Waals surface area contributed by atoms with Crippen molar-refractivity contribution >= 4 is 44.8 Å². The Balaban J connectivity index is 1.42. The molecule has 1 aliphatic heterocycles. The quantitative estimate of drug-likeness (QED) is 0.581. The highest BCUT2D eigenvalue weighted by molar-refractivity contribution is 7.89. The van der Waals surface area contributed by atoms with Crippen molar-refractivity contribution in [1.29, 1.82) is 0 Å². The van der Waals surface area contributed by atoms with Crippen LogP contribution in [0.2, 0.25) is 10.0 Å². The SMILES string of the molecule is O=C(Nc1ccc(CCN2CCOCC2)cc1)c1cc(S(=O)(=O)NC2CC2)c(Cl)cc1Cl. The lowest BCUT2D eigenvalue weighted by atomic mass is 10.1. The summed E-state index contributed by atoms with van der Waals surface area (Å²) in [5.74, 6) is -0.504. The van der Waals surface area contributed by atoms with Gasteiger partial charge in [0, 0.05) is 31.4 Å². The molecule has 0 radical (unpaired) electrons. The molecule has 1 heterocycles. The first-order chi connectivity index (χ1) is 15.3. The number of rotatable bonds is 8. The van der Waals surface area contributed by atoms with Crippen molar-refractivity contribution in [3.63, 3.8) is 0 Å². The Bertz CT molecular complexity index is 1080. The van der Waals surface area contributed by atoms with Crippen molar-refractivity contribution in [2.24, 2.45) is 0 Å². The summed E-state index contributed by atoms with van der Waals surface area (Å²) >= 11 is 12.3. The molecule has 1 aliphatic carbocycles. The number of nitrogens with one attached hydrogen (secondary N) is 2. The lowest BCUT2D eigenvalue weighted by Crippen LogP contribution is -2.37. The van der Waals surface area contributed by atoms with E-state index in [9.17, 15) is 13.2 Å². The highest BCUT2D eigenvalue weighted by Gasteiger charge is 2.30. The maximum atomic E-state index is 12.8. The number of halogens is 2. The number of anilines is 1. The van der Waals surface area contributed by atoms with Crippen LogP contribution in [0.15, 0.2) is 41.3 Å². The van der Waals surface area contributed by atoms with Gasteiger partial charge >= 0.3 is 0 Å². The van der Waals surface area contributed by atoms with Gasteiger partial charge < -0.3 is 10.1 Å². The molecule has 2 aliphatic rings. The third-order valence-electron chi connectivity index (χ3n) is 5.49. The average molecular weight is 498 g/mol. The molecule has 0 spiro atoms. The van der Waals surface area contributed by atoms with E-state index in [1.165, 1.54) is 17.7 Å². The minimum Gasteiger partial charge on any atom is -0.379 e. The van der Waals surface area contributed by atoms with Crippen LogP contribution in [-0.2, 0) is 21.2 Å². The number of nitrogens with zero attached hydrogens (tertiary/aromatic N) is 1. The molecule has 0 unspecified atom stereocenters. The summed E-state index contributed by atoms with van der Waals surface area (Å²) in [5.41, 5.74) is 1.80. The Morgan fingerprint density at radius 1 is 1.06 bits per heavy atom. The fraction of sp³-hybridized carbons (Fsp3) is 0.409. The van der Waals surface area contributed by atoms with E-state index in [2.05, 4.69) is 14.9 Å². The molecule has 1 amide bonds. The molecule has 172 valence electrons. The number of amides is 1. The summed E-state index contributed by atoms with van der Waals surface area (Å²) in [6.07, 6.45) is 2.49. The number of morpholine rings is 1. The zero-order valence-corrected chi connectivity index (χ0v) is 19.8. The summed E-state index contributed by atoms with van der Waals surface area (Å²) in [6, 6.07) is 10.0. The molecule has 0 atom stereocenters. The fourth-order valence-electron chi connectivity index (χ4n) is 3.46. The molecule has 4 rings (SSSR count). The van der Waals surface area contributed by atoms with Crippen LogP contribution in [0.25, 0.3) is 0 Å². The average Bonchev–Trinajstić information content (AvgIpc) is 3.57. The molecule has 2 N–H and O–H groups in total. The number of hydrogen-bond donors (Lipinski definition) is 2. The lowest BCUT2D eigenvalue weighted by Gasteiger charge is -2.26. The Kier molecular flexibility index (Phi) is 7.39. The van der Waals surface area contributed by atoms with E-state index in [0.29, 0.717) is 5.69 Å². The van der Waals surface area contributed by atoms with Crippen LogP contribution >= 0.6 is 23.2 Å². The summed E-state index contributed by atoms with van der Waals surface area (Å²) in [7, 11) is -3.83. The molecule has 7 nitrogen and oxygen atoms in total. The van der Waals surface area contributed by atoms with Crippen LogP contribution in [0.4, 0.5) is 5.69 Å². The van der Waals surface area contributed by atoms with Crippen LogP contribution in [-0.4, -0.2) is 58.1 Å². The number of benzene rings is 2. The van der Waals surface area contributed by atoms with E-state index < -0.39 is 15.9 Å². The predicted molar refractivity (Wildman–Crippen MR) is 125 cm³/mol. The van der Waals surface area contributed by atoms with Gasteiger partial charge in [-0.25, -0.2) is 13.1 Å². The summed E-state index contributed by atoms with van der Waals surface area (Å²) in [4.78, 5) is 15.0. The van der Waals surface area contributed by atoms with Gasteiger partial charge in [-0.3, -0.25) is 9.69 Å². The molecule has 0 aromatic heterocycles. The molecule has 32 heavy (non-hydrogen) atoms. The molecular formula is C22H25Cl2N3O4S. The lowest BCUT2D eigenvalue weighted by molar-refractivity contribution is 0.0384. The summed E-state index contributed by atoms with van der Waals surface area (Å²) < 4.78 is 33.1. The van der Waals surface area contributed by atoms with E-state index >= 15 is 0 Å². The zero-order chi connectivity index (χ0) is 22.7. The molecule has 2 aromatic carbocycles. The van der Waals surface area contributed by atoms with Gasteiger partial charge in [-0.05, 0) is 49.1 Å². The largest absolute Gasteiger partial charge is 0.379 e. The van der Waals surface area contributed by atoms with E-state index in [1.807, 2.05) is 24.3 Å². The molecular weight excluding hydrogens is 473 g/mol. The maximum Gasteiger partial charge on any atom is 0.257 e. The second-order valence-electron chi connectivity index (χ2n) is 8.01. The van der Waals surface area contributed by atoms with Crippen molar-refractivity contribution in [1.82, 2.24) is 9.62 Å². The Hall–Kier alpha value is -1.68. The first-order valence-electron chi connectivity index (χ1n) is 10.5. The highest BCUT2D eigenvalue weighted by atomic mass is 35.5. The van der Waals surface area contributed by atoms with Crippen LogP contribution in [0, 0.1) is 0 Å². The maximum absolute atomic E-state index is 12.8. The van der Waals surface area contributed by atoms with Crippen LogP contribution in [0.3, 0.4) is 0 Å². The van der Waals surface area contributed by atoms with Crippen LogP contribution in [0.5, 0.6) is 0 Å². The first-order valence-corrected chi connectivity index (χ1v) is 12.8. The smallest absolute Gasteiger partial charge is 0.257 e. The van der Waals surface area contributed by atoms with Crippen molar-refractivity contribution in [3.05, 3.63) is 57.6 Å². The molecule has 1 saturated heterocycles. The standard InChI is InChI=1S/C22H25Cl2N3O4S/c23-19-14-20(24)21(32(29,30)26-17-5-6-17)13-18(19)22(28)25-16-3-1-15(2-4-16)7-8-27-9-11-31-12-10-27/h1-4,13-14,17,26H,5-12H2,(H,25,28). The molecule has 10 heteroatoms. The summed E-state index contributed by atoms with van der Waals surface area (Å²) in [5, 5.41) is 2.83. The molecule has 2 fully saturated rings. The van der Waals surface area contributed by atoms with Gasteiger partial charge in [-0.2, -0.15) is 0 Å². The number of carbonyl (C=O) groups excluding carboxylic acids is 1. The zero-order valence-electron chi connectivity index (χ0n) is 17.4. The van der Waals surface area contributed by atoms with Gasteiger partial charge in [-0.1, -0.05) is 35.3 Å². The Morgan fingerprint density at radius 2 is 1.75 bits per heavy atom. The van der Waals surface area contributed by atoms with E-state index in [1.54, 1.807) is 0 Å². The van der Waals surface area contributed by atoms with Gasteiger partial charge in [0.1, 0.15) is 4.90 Å². The molecule has 2 aromatic rings. The summed E-state index contributed by atoms with van der Waals surface area (Å²) in [6.45, 7) is 4.41. The second kappa shape index (κ2) is 10.1. The minimum atomic E-state index is -3.83. The fourth-order valence-corrected chi connectivity index (χ4v) is 5.62. The number of hydrogen-bond acceptors (Lipinski definition) is 5. The number of ether oxygens (including phenoxy) is 1. The highest BCUT2D eigenvalue weighted by Crippen LogP contribution is 2.31. The van der Waals surface area contributed by atoms with Gasteiger partial charge in [-0.15, -0.1) is 0 Å². The third kappa shape index (κ3) is 6.01. The van der Waals surface area contributed by atoms with Gasteiger partial charge in [0.05, 0.1) is 28.8 Å².